The highest BCUT2D eigenvalue weighted by Crippen LogP contribution is 2.59. The molecule has 2 aromatic carbocycles. The number of methoxy groups -OCH3 is 2. The van der Waals surface area contributed by atoms with E-state index in [4.69, 9.17) is 33.4 Å². The van der Waals surface area contributed by atoms with Crippen LogP contribution < -0.4 is 9.47 Å². The Morgan fingerprint density at radius 3 is 2.36 bits per heavy atom. The first-order chi connectivity index (χ1) is 21.6. The quantitative estimate of drug-likeness (QED) is 0.329. The Morgan fingerprint density at radius 2 is 1.62 bits per heavy atom. The summed E-state index contributed by atoms with van der Waals surface area (Å²) in [5, 5.41) is 1.75. The molecular weight excluding hydrogens is 570 g/mol. The van der Waals surface area contributed by atoms with Crippen molar-refractivity contribution in [3.05, 3.63) is 59.7 Å². The fourth-order valence-electron chi connectivity index (χ4n) is 9.02. The van der Waals surface area contributed by atoms with Gasteiger partial charge in [-0.15, -0.1) is 0 Å². The van der Waals surface area contributed by atoms with E-state index < -0.39 is 12.1 Å². The fourth-order valence-corrected chi connectivity index (χ4v) is 9.02. The van der Waals surface area contributed by atoms with Crippen LogP contribution in [-0.2, 0) is 34.7 Å². The molecule has 3 saturated heterocycles. The molecule has 0 radical (unpaired) electrons. The predicted octanol–water partition coefficient (Wildman–Crippen LogP) is 6.95. The van der Waals surface area contributed by atoms with E-state index in [1.165, 1.54) is 17.5 Å². The normalized spacial score (nSPS) is 34.3. The molecule has 8 nitrogen and oxygen atoms in total. The smallest absolute Gasteiger partial charge is 0.181 e. The minimum absolute atomic E-state index is 0.0177. The summed E-state index contributed by atoms with van der Waals surface area (Å²) in [6, 6.07) is 17.1. The van der Waals surface area contributed by atoms with E-state index in [2.05, 4.69) is 70.2 Å². The monoisotopic (exact) mass is 621 g/mol. The SMILES string of the molecule is COc1ccc([C@]23CCC4(OCC(C)(C)CO4)[C@H]4CON(O[C@H](O[C@@H]5CCCCC5C(C)(C)c5ccccc5)C2)[C@@H]43)cc1OC. The van der Waals surface area contributed by atoms with Crippen molar-refractivity contribution < 1.29 is 33.4 Å². The van der Waals surface area contributed by atoms with Crippen LogP contribution in [0.5, 0.6) is 11.5 Å². The molecule has 0 aromatic heterocycles. The molecule has 45 heavy (non-hydrogen) atoms. The summed E-state index contributed by atoms with van der Waals surface area (Å²) in [5.74, 6) is 1.10. The number of hydrogen-bond acceptors (Lipinski definition) is 8. The van der Waals surface area contributed by atoms with Crippen LogP contribution in [0.1, 0.15) is 83.8 Å². The number of nitrogens with zero attached hydrogens (tertiary/aromatic N) is 1. The van der Waals surface area contributed by atoms with E-state index in [1.807, 2.05) is 6.07 Å². The Balaban J connectivity index is 1.22. The topological polar surface area (TPSA) is 67.9 Å². The molecule has 246 valence electrons. The highest BCUT2D eigenvalue weighted by atomic mass is 17.0. The fraction of sp³-hybridized carbons (Fsp3) is 0.676. The zero-order valence-electron chi connectivity index (χ0n) is 27.9. The number of rotatable bonds is 7. The number of fused-ring (bicyclic) bond motifs is 1. The van der Waals surface area contributed by atoms with Crippen LogP contribution in [0, 0.1) is 17.3 Å². The molecule has 2 aromatic rings. The second-order valence-electron chi connectivity index (χ2n) is 15.3. The van der Waals surface area contributed by atoms with E-state index in [0.29, 0.717) is 32.2 Å². The molecule has 5 aliphatic rings. The van der Waals surface area contributed by atoms with Gasteiger partial charge < -0.3 is 23.7 Å². The summed E-state index contributed by atoms with van der Waals surface area (Å²) >= 11 is 0. The van der Waals surface area contributed by atoms with Crippen LogP contribution in [0.4, 0.5) is 0 Å². The van der Waals surface area contributed by atoms with Crippen LogP contribution in [0.3, 0.4) is 0 Å². The van der Waals surface area contributed by atoms with Gasteiger partial charge >= 0.3 is 0 Å². The van der Waals surface area contributed by atoms with Gasteiger partial charge in [0.25, 0.3) is 0 Å². The van der Waals surface area contributed by atoms with E-state index in [9.17, 15) is 0 Å². The second kappa shape index (κ2) is 11.8. The molecule has 0 N–H and O–H groups in total. The average Bonchev–Trinajstić information content (AvgIpc) is 3.50. The lowest BCUT2D eigenvalue weighted by molar-refractivity contribution is -0.451. The minimum Gasteiger partial charge on any atom is -0.493 e. The summed E-state index contributed by atoms with van der Waals surface area (Å²) in [6.45, 7) is 10.9. The molecule has 7 rings (SSSR count). The summed E-state index contributed by atoms with van der Waals surface area (Å²) in [5.41, 5.74) is 2.16. The molecule has 1 unspecified atom stereocenters. The van der Waals surface area contributed by atoms with Crippen LogP contribution in [0.15, 0.2) is 48.5 Å². The van der Waals surface area contributed by atoms with E-state index in [0.717, 1.165) is 43.6 Å². The van der Waals surface area contributed by atoms with Crippen molar-refractivity contribution in [3.63, 3.8) is 0 Å². The van der Waals surface area contributed by atoms with Crippen LogP contribution in [-0.4, -0.2) is 63.5 Å². The second-order valence-corrected chi connectivity index (χ2v) is 15.3. The van der Waals surface area contributed by atoms with E-state index >= 15 is 0 Å². The first-order valence-electron chi connectivity index (χ1n) is 16.9. The molecule has 0 bridgehead atoms. The number of hydroxylamine groups is 2. The molecule has 6 atom stereocenters. The van der Waals surface area contributed by atoms with Gasteiger partial charge in [0.2, 0.25) is 0 Å². The molecule has 3 heterocycles. The van der Waals surface area contributed by atoms with Gasteiger partial charge in [0.1, 0.15) is 0 Å². The van der Waals surface area contributed by atoms with E-state index in [-0.39, 0.29) is 34.3 Å². The zero-order chi connectivity index (χ0) is 31.5. The predicted molar refractivity (Wildman–Crippen MR) is 170 cm³/mol. The van der Waals surface area contributed by atoms with Gasteiger partial charge in [-0.1, -0.05) is 82.2 Å². The van der Waals surface area contributed by atoms with Crippen molar-refractivity contribution in [1.29, 1.82) is 0 Å². The Hall–Kier alpha value is -2.20. The molecule has 8 heteroatoms. The lowest BCUT2D eigenvalue weighted by Gasteiger charge is -2.58. The lowest BCUT2D eigenvalue weighted by atomic mass is 9.58. The highest BCUT2D eigenvalue weighted by molar-refractivity contribution is 5.46. The van der Waals surface area contributed by atoms with Crippen molar-refractivity contribution in [3.8, 4) is 11.5 Å². The zero-order valence-corrected chi connectivity index (χ0v) is 27.9. The Kier molecular flexibility index (Phi) is 8.23. The first-order valence-corrected chi connectivity index (χ1v) is 16.9. The third kappa shape index (κ3) is 5.39. The van der Waals surface area contributed by atoms with Crippen molar-refractivity contribution in [2.45, 2.75) is 108 Å². The Labute approximate surface area is 268 Å². The molecule has 2 saturated carbocycles. The minimum atomic E-state index is -0.694. The van der Waals surface area contributed by atoms with Crippen molar-refractivity contribution in [2.75, 3.05) is 34.0 Å². The average molecular weight is 622 g/mol. The molecule has 2 aliphatic carbocycles. The largest absolute Gasteiger partial charge is 0.493 e. The van der Waals surface area contributed by atoms with Crippen molar-refractivity contribution in [1.82, 2.24) is 5.23 Å². The lowest BCUT2D eigenvalue weighted by Crippen LogP contribution is -2.67. The maximum absolute atomic E-state index is 7.10. The van der Waals surface area contributed by atoms with Gasteiger partial charge in [0, 0.05) is 23.7 Å². The molecule has 0 amide bonds. The standard InChI is InChI=1S/C37H51NO7/c1-34(2)23-41-37(42-24-34)19-18-36(26-16-17-30(39-5)31(20-26)40-6)21-32(45-38-33(36)28(37)22-43-38)44-29-15-11-10-14-27(29)35(3,4)25-12-8-7-9-13-25/h7-9,12-13,16-17,20,27-29,32-33H,10-11,14-15,18-19,21-24H2,1-6H3/t27?,28-,29+,32-,33-,36-/m0/s1. The molecule has 1 spiro atoms. The van der Waals surface area contributed by atoms with Crippen LogP contribution in [0.2, 0.25) is 0 Å². The van der Waals surface area contributed by atoms with Gasteiger partial charge in [-0.3, -0.25) is 4.84 Å². The Morgan fingerprint density at radius 1 is 0.889 bits per heavy atom. The number of benzene rings is 2. The maximum Gasteiger partial charge on any atom is 0.181 e. The van der Waals surface area contributed by atoms with Gasteiger partial charge in [0.05, 0.1) is 52.1 Å². The number of ether oxygens (including phenoxy) is 5. The molecule has 3 aliphatic heterocycles. The summed E-state index contributed by atoms with van der Waals surface area (Å²) in [6.07, 6.45) is 6.51. The molecular formula is C37H51NO7. The van der Waals surface area contributed by atoms with Crippen LogP contribution >= 0.6 is 0 Å². The summed E-state index contributed by atoms with van der Waals surface area (Å²) in [7, 11) is 3.37. The molecule has 5 fully saturated rings. The summed E-state index contributed by atoms with van der Waals surface area (Å²) < 4.78 is 31.8. The highest BCUT2D eigenvalue weighted by Gasteiger charge is 2.67. The summed E-state index contributed by atoms with van der Waals surface area (Å²) in [4.78, 5) is 13.1. The van der Waals surface area contributed by atoms with Gasteiger partial charge in [0.15, 0.2) is 23.6 Å². The number of hydrogen-bond donors (Lipinski definition) is 0. The van der Waals surface area contributed by atoms with E-state index in [1.54, 1.807) is 19.4 Å². The Bertz CT molecular complexity index is 1340. The van der Waals surface area contributed by atoms with Crippen molar-refractivity contribution in [2.24, 2.45) is 17.3 Å². The van der Waals surface area contributed by atoms with Gasteiger partial charge in [-0.2, -0.15) is 0 Å². The van der Waals surface area contributed by atoms with Crippen LogP contribution in [0.25, 0.3) is 0 Å². The van der Waals surface area contributed by atoms with Gasteiger partial charge in [-0.05, 0) is 53.9 Å². The van der Waals surface area contributed by atoms with Gasteiger partial charge in [-0.25, -0.2) is 4.84 Å². The van der Waals surface area contributed by atoms with Crippen molar-refractivity contribution >= 4 is 0 Å². The third-order valence-electron chi connectivity index (χ3n) is 11.6. The third-order valence-corrected chi connectivity index (χ3v) is 11.6. The maximum atomic E-state index is 7.10. The first kappa shape index (κ1) is 31.4.